The molecule has 0 amide bonds. The zero-order chi connectivity index (χ0) is 8.81. The molecule has 0 spiro atoms. The van der Waals surface area contributed by atoms with E-state index in [9.17, 15) is 0 Å². The normalized spacial score (nSPS) is 21.8. The van der Waals surface area contributed by atoms with Gasteiger partial charge in [0.1, 0.15) is 0 Å². The maximum absolute atomic E-state index is 2.43. The SMILES string of the molecule is CCCC1C=CC=CN1CCC. The molecule has 1 heteroatoms. The minimum absolute atomic E-state index is 0.653. The van der Waals surface area contributed by atoms with Gasteiger partial charge in [-0.1, -0.05) is 32.4 Å². The minimum Gasteiger partial charge on any atom is -0.371 e. The molecule has 0 saturated carbocycles. The molecule has 1 heterocycles. The average molecular weight is 165 g/mol. The van der Waals surface area contributed by atoms with Crippen molar-refractivity contribution >= 4 is 0 Å². The Bertz CT molecular complexity index is 150. The van der Waals surface area contributed by atoms with Crippen LogP contribution in [-0.4, -0.2) is 17.5 Å². The van der Waals surface area contributed by atoms with Gasteiger partial charge in [0.2, 0.25) is 0 Å². The summed E-state index contributed by atoms with van der Waals surface area (Å²) in [5.41, 5.74) is 0. The van der Waals surface area contributed by atoms with Gasteiger partial charge in [0.05, 0.1) is 0 Å². The Morgan fingerprint density at radius 1 is 1.17 bits per heavy atom. The Labute approximate surface area is 75.8 Å². The molecule has 1 nitrogen and oxygen atoms in total. The molecule has 0 N–H and O–H groups in total. The summed E-state index contributed by atoms with van der Waals surface area (Å²) in [5.74, 6) is 0. The summed E-state index contributed by atoms with van der Waals surface area (Å²) in [5, 5.41) is 0. The fraction of sp³-hybridized carbons (Fsp3) is 0.636. The van der Waals surface area contributed by atoms with Gasteiger partial charge < -0.3 is 4.90 Å². The second-order valence-electron chi connectivity index (χ2n) is 3.32. The van der Waals surface area contributed by atoms with Crippen LogP contribution in [0.3, 0.4) is 0 Å². The fourth-order valence-electron chi connectivity index (χ4n) is 1.63. The molecule has 0 aromatic carbocycles. The van der Waals surface area contributed by atoms with E-state index in [1.54, 1.807) is 0 Å². The smallest absolute Gasteiger partial charge is 0.0470 e. The standard InChI is InChI=1S/C11H19N/c1-3-7-11-8-5-6-10-12(11)9-4-2/h5-6,8,10-11H,3-4,7,9H2,1-2H3. The number of rotatable bonds is 4. The summed E-state index contributed by atoms with van der Waals surface area (Å²) >= 11 is 0. The molecule has 0 aliphatic carbocycles. The third-order valence-electron chi connectivity index (χ3n) is 2.21. The molecule has 0 aromatic rings. The molecule has 0 fully saturated rings. The molecule has 1 atom stereocenters. The van der Waals surface area contributed by atoms with Crippen LogP contribution in [-0.2, 0) is 0 Å². The first-order chi connectivity index (χ1) is 5.88. The van der Waals surface area contributed by atoms with E-state index in [0.717, 1.165) is 0 Å². The lowest BCUT2D eigenvalue weighted by Gasteiger charge is -2.29. The van der Waals surface area contributed by atoms with Gasteiger partial charge in [-0.25, -0.2) is 0 Å². The summed E-state index contributed by atoms with van der Waals surface area (Å²) in [6.07, 6.45) is 12.6. The maximum Gasteiger partial charge on any atom is 0.0470 e. The molecule has 0 aromatic heterocycles. The van der Waals surface area contributed by atoms with Crippen LogP contribution in [0.25, 0.3) is 0 Å². The second-order valence-corrected chi connectivity index (χ2v) is 3.32. The summed E-state index contributed by atoms with van der Waals surface area (Å²) < 4.78 is 0. The van der Waals surface area contributed by atoms with Crippen molar-refractivity contribution in [3.05, 3.63) is 24.4 Å². The molecule has 1 unspecified atom stereocenters. The van der Waals surface area contributed by atoms with E-state index in [2.05, 4.69) is 43.2 Å². The summed E-state index contributed by atoms with van der Waals surface area (Å²) in [6, 6.07) is 0.653. The second kappa shape index (κ2) is 5.02. The zero-order valence-corrected chi connectivity index (χ0v) is 8.16. The third kappa shape index (κ3) is 2.40. The van der Waals surface area contributed by atoms with Crippen LogP contribution in [0, 0.1) is 0 Å². The van der Waals surface area contributed by atoms with E-state index in [1.165, 1.54) is 25.8 Å². The Balaban J connectivity index is 2.45. The van der Waals surface area contributed by atoms with E-state index in [0.29, 0.717) is 6.04 Å². The van der Waals surface area contributed by atoms with Crippen LogP contribution < -0.4 is 0 Å². The van der Waals surface area contributed by atoms with E-state index < -0.39 is 0 Å². The van der Waals surface area contributed by atoms with Crippen molar-refractivity contribution in [3.63, 3.8) is 0 Å². The Morgan fingerprint density at radius 2 is 2.00 bits per heavy atom. The van der Waals surface area contributed by atoms with Crippen LogP contribution in [0.15, 0.2) is 24.4 Å². The molecule has 0 saturated heterocycles. The molecule has 1 aliphatic rings. The molecule has 1 aliphatic heterocycles. The average Bonchev–Trinajstić information content (AvgIpc) is 2.09. The first-order valence-corrected chi connectivity index (χ1v) is 4.99. The van der Waals surface area contributed by atoms with E-state index in [4.69, 9.17) is 0 Å². The number of nitrogens with zero attached hydrogens (tertiary/aromatic N) is 1. The Kier molecular flexibility index (Phi) is 3.92. The highest BCUT2D eigenvalue weighted by atomic mass is 15.1. The Hall–Kier alpha value is -0.720. The van der Waals surface area contributed by atoms with Crippen molar-refractivity contribution in [1.29, 1.82) is 0 Å². The molecule has 12 heavy (non-hydrogen) atoms. The van der Waals surface area contributed by atoms with Crippen LogP contribution in [0.1, 0.15) is 33.1 Å². The quantitative estimate of drug-likeness (QED) is 0.619. The minimum atomic E-state index is 0.653. The van der Waals surface area contributed by atoms with E-state index >= 15 is 0 Å². The largest absolute Gasteiger partial charge is 0.371 e. The topological polar surface area (TPSA) is 3.24 Å². The molecule has 68 valence electrons. The molecule has 1 rings (SSSR count). The zero-order valence-electron chi connectivity index (χ0n) is 8.16. The van der Waals surface area contributed by atoms with Crippen LogP contribution >= 0.6 is 0 Å². The lowest BCUT2D eigenvalue weighted by molar-refractivity contribution is 0.301. The van der Waals surface area contributed by atoms with Crippen LogP contribution in [0.4, 0.5) is 0 Å². The van der Waals surface area contributed by atoms with Gasteiger partial charge in [-0.3, -0.25) is 0 Å². The molecular formula is C11H19N. The van der Waals surface area contributed by atoms with Crippen molar-refractivity contribution in [2.75, 3.05) is 6.54 Å². The van der Waals surface area contributed by atoms with E-state index in [-0.39, 0.29) is 0 Å². The predicted octanol–water partition coefficient (Wildman–Crippen LogP) is 2.95. The van der Waals surface area contributed by atoms with E-state index in [1.807, 2.05) is 0 Å². The molecular weight excluding hydrogens is 146 g/mol. The van der Waals surface area contributed by atoms with Crippen molar-refractivity contribution in [1.82, 2.24) is 4.90 Å². The number of hydrogen-bond acceptors (Lipinski definition) is 1. The lowest BCUT2D eigenvalue weighted by atomic mass is 10.1. The van der Waals surface area contributed by atoms with Gasteiger partial charge in [-0.2, -0.15) is 0 Å². The van der Waals surface area contributed by atoms with Gasteiger partial charge in [-0.05, 0) is 25.1 Å². The molecule has 0 radical (unpaired) electrons. The summed E-state index contributed by atoms with van der Waals surface area (Å²) in [7, 11) is 0. The van der Waals surface area contributed by atoms with Gasteiger partial charge in [0.25, 0.3) is 0 Å². The van der Waals surface area contributed by atoms with Crippen LogP contribution in [0.2, 0.25) is 0 Å². The van der Waals surface area contributed by atoms with Crippen molar-refractivity contribution in [2.24, 2.45) is 0 Å². The third-order valence-corrected chi connectivity index (χ3v) is 2.21. The highest BCUT2D eigenvalue weighted by Crippen LogP contribution is 2.13. The van der Waals surface area contributed by atoms with Gasteiger partial charge in [0, 0.05) is 12.6 Å². The number of hydrogen-bond donors (Lipinski definition) is 0. The van der Waals surface area contributed by atoms with Crippen molar-refractivity contribution in [2.45, 2.75) is 39.2 Å². The summed E-state index contributed by atoms with van der Waals surface area (Å²) in [6.45, 7) is 5.66. The lowest BCUT2D eigenvalue weighted by Crippen LogP contribution is -2.30. The first kappa shape index (κ1) is 9.37. The summed E-state index contributed by atoms with van der Waals surface area (Å²) in [4.78, 5) is 2.43. The van der Waals surface area contributed by atoms with Crippen LogP contribution in [0.5, 0.6) is 0 Å². The maximum atomic E-state index is 2.43. The highest BCUT2D eigenvalue weighted by molar-refractivity contribution is 5.12. The predicted molar refractivity (Wildman–Crippen MR) is 54.0 cm³/mol. The highest BCUT2D eigenvalue weighted by Gasteiger charge is 2.11. The monoisotopic (exact) mass is 165 g/mol. The van der Waals surface area contributed by atoms with Crippen molar-refractivity contribution in [3.8, 4) is 0 Å². The van der Waals surface area contributed by atoms with Gasteiger partial charge in [0.15, 0.2) is 0 Å². The first-order valence-electron chi connectivity index (χ1n) is 4.99. The van der Waals surface area contributed by atoms with Crippen molar-refractivity contribution < 1.29 is 0 Å². The number of allylic oxidation sites excluding steroid dienone is 2. The molecule has 0 bridgehead atoms. The Morgan fingerprint density at radius 3 is 2.67 bits per heavy atom. The van der Waals surface area contributed by atoms with Gasteiger partial charge >= 0.3 is 0 Å². The fourth-order valence-corrected chi connectivity index (χ4v) is 1.63. The van der Waals surface area contributed by atoms with Gasteiger partial charge in [-0.15, -0.1) is 0 Å².